The lowest BCUT2D eigenvalue weighted by atomic mass is 10.2. The van der Waals surface area contributed by atoms with Crippen LogP contribution < -0.4 is 9.64 Å². The number of halogens is 1. The molecule has 0 aliphatic carbocycles. The van der Waals surface area contributed by atoms with Crippen LogP contribution in [0.4, 0.5) is 10.1 Å². The minimum absolute atomic E-state index is 0.318. The van der Waals surface area contributed by atoms with Gasteiger partial charge in [0.05, 0.1) is 0 Å². The number of esters is 1. The molecule has 0 heterocycles. The third-order valence-corrected chi connectivity index (χ3v) is 3.83. The molecule has 0 aliphatic heterocycles. The third-order valence-electron chi connectivity index (χ3n) is 3.83. The first-order valence-electron chi connectivity index (χ1n) is 8.39. The molecule has 6 nitrogen and oxygen atoms in total. The van der Waals surface area contributed by atoms with E-state index >= 15 is 0 Å². The van der Waals surface area contributed by atoms with E-state index in [1.807, 2.05) is 43.3 Å². The Labute approximate surface area is 158 Å². The molecule has 2 rings (SSSR count). The second kappa shape index (κ2) is 9.56. The first-order chi connectivity index (χ1) is 12.8. The van der Waals surface area contributed by atoms with Crippen LogP contribution in [0, 0.1) is 5.82 Å². The van der Waals surface area contributed by atoms with E-state index in [-0.39, 0.29) is 19.1 Å². The van der Waals surface area contributed by atoms with E-state index in [0.29, 0.717) is 12.3 Å². The van der Waals surface area contributed by atoms with Crippen LogP contribution in [-0.4, -0.2) is 51.1 Å². The van der Waals surface area contributed by atoms with Crippen molar-refractivity contribution in [1.29, 1.82) is 0 Å². The van der Waals surface area contributed by atoms with Gasteiger partial charge in [-0.2, -0.15) is 0 Å². The summed E-state index contributed by atoms with van der Waals surface area (Å²) in [5.74, 6) is -1.04. The van der Waals surface area contributed by atoms with Crippen LogP contribution in [0.3, 0.4) is 0 Å². The van der Waals surface area contributed by atoms with Crippen molar-refractivity contribution in [2.75, 3.05) is 39.3 Å². The fraction of sp³-hybridized carbons (Fsp3) is 0.300. The average molecular weight is 374 g/mol. The third kappa shape index (κ3) is 6.62. The zero-order valence-corrected chi connectivity index (χ0v) is 15.6. The SMILES string of the molecule is CN(Cc1ccc(N(C)C)cc1)C(=O)COC(=O)COc1ccc(F)cc1. The molecule has 2 aromatic carbocycles. The number of ether oxygens (including phenoxy) is 2. The fourth-order valence-electron chi connectivity index (χ4n) is 2.23. The Morgan fingerprint density at radius 2 is 1.56 bits per heavy atom. The Morgan fingerprint density at radius 3 is 2.15 bits per heavy atom. The molecule has 27 heavy (non-hydrogen) atoms. The van der Waals surface area contributed by atoms with Crippen molar-refractivity contribution in [3.63, 3.8) is 0 Å². The summed E-state index contributed by atoms with van der Waals surface area (Å²) in [6.07, 6.45) is 0. The van der Waals surface area contributed by atoms with Gasteiger partial charge in [-0.3, -0.25) is 4.79 Å². The Balaban J connectivity index is 1.73. The van der Waals surface area contributed by atoms with Crippen molar-refractivity contribution in [2.24, 2.45) is 0 Å². The Morgan fingerprint density at radius 1 is 0.926 bits per heavy atom. The summed E-state index contributed by atoms with van der Waals surface area (Å²) in [4.78, 5) is 27.2. The van der Waals surface area contributed by atoms with Crippen LogP contribution in [0.25, 0.3) is 0 Å². The van der Waals surface area contributed by atoms with Gasteiger partial charge < -0.3 is 19.3 Å². The number of likely N-dealkylation sites (N-methyl/N-ethyl adjacent to an activating group) is 1. The molecule has 0 aromatic heterocycles. The van der Waals surface area contributed by atoms with Gasteiger partial charge in [-0.05, 0) is 42.0 Å². The van der Waals surface area contributed by atoms with Crippen LogP contribution >= 0.6 is 0 Å². The summed E-state index contributed by atoms with van der Waals surface area (Å²) in [5, 5.41) is 0. The maximum atomic E-state index is 12.8. The normalized spacial score (nSPS) is 10.2. The molecule has 0 saturated heterocycles. The van der Waals surface area contributed by atoms with E-state index in [4.69, 9.17) is 9.47 Å². The van der Waals surface area contributed by atoms with E-state index in [0.717, 1.165) is 11.3 Å². The number of amides is 1. The molecule has 144 valence electrons. The average Bonchev–Trinajstić information content (AvgIpc) is 2.66. The van der Waals surface area contributed by atoms with Crippen molar-refractivity contribution in [3.8, 4) is 5.75 Å². The largest absolute Gasteiger partial charge is 0.482 e. The molecule has 0 saturated carbocycles. The molecule has 1 amide bonds. The quantitative estimate of drug-likeness (QED) is 0.665. The summed E-state index contributed by atoms with van der Waals surface area (Å²) in [6.45, 7) is -0.303. The zero-order chi connectivity index (χ0) is 19.8. The Bertz CT molecular complexity index is 761. The topological polar surface area (TPSA) is 59.1 Å². The monoisotopic (exact) mass is 374 g/mol. The predicted octanol–water partition coefficient (Wildman–Crippen LogP) is 2.47. The molecular weight excluding hydrogens is 351 g/mol. The molecular formula is C20H23FN2O4. The second-order valence-corrected chi connectivity index (χ2v) is 6.21. The predicted molar refractivity (Wildman–Crippen MR) is 100 cm³/mol. The molecule has 0 spiro atoms. The highest BCUT2D eigenvalue weighted by Gasteiger charge is 2.13. The molecule has 7 heteroatoms. The highest BCUT2D eigenvalue weighted by molar-refractivity contribution is 5.80. The van der Waals surface area contributed by atoms with Crippen molar-refractivity contribution >= 4 is 17.6 Å². The van der Waals surface area contributed by atoms with Gasteiger partial charge in [0.25, 0.3) is 5.91 Å². The molecule has 0 aliphatic rings. The fourth-order valence-corrected chi connectivity index (χ4v) is 2.23. The van der Waals surface area contributed by atoms with Crippen molar-refractivity contribution < 1.29 is 23.5 Å². The Kier molecular flexibility index (Phi) is 7.16. The van der Waals surface area contributed by atoms with Gasteiger partial charge in [0.1, 0.15) is 11.6 Å². The first-order valence-corrected chi connectivity index (χ1v) is 8.39. The maximum absolute atomic E-state index is 12.8. The number of carbonyl (C=O) groups is 2. The van der Waals surface area contributed by atoms with Crippen molar-refractivity contribution in [3.05, 3.63) is 59.9 Å². The minimum atomic E-state index is -0.670. The van der Waals surface area contributed by atoms with Crippen LogP contribution in [0.1, 0.15) is 5.56 Å². The van der Waals surface area contributed by atoms with Crippen LogP contribution in [0.5, 0.6) is 5.75 Å². The molecule has 0 fully saturated rings. The van der Waals surface area contributed by atoms with Crippen LogP contribution in [-0.2, 0) is 20.9 Å². The van der Waals surface area contributed by atoms with E-state index in [2.05, 4.69) is 0 Å². The summed E-state index contributed by atoms with van der Waals surface area (Å²) in [5.41, 5.74) is 2.05. The molecule has 0 atom stereocenters. The molecule has 2 aromatic rings. The standard InChI is InChI=1S/C20H23FN2O4/c1-22(2)17-8-4-15(5-9-17)12-23(3)19(24)13-27-20(25)14-26-18-10-6-16(21)7-11-18/h4-11H,12-14H2,1-3H3. The maximum Gasteiger partial charge on any atom is 0.344 e. The van der Waals surface area contributed by atoms with E-state index in [1.54, 1.807) is 7.05 Å². The molecule has 0 N–H and O–H groups in total. The highest BCUT2D eigenvalue weighted by atomic mass is 19.1. The lowest BCUT2D eigenvalue weighted by molar-refractivity contribution is -0.153. The smallest absolute Gasteiger partial charge is 0.344 e. The second-order valence-electron chi connectivity index (χ2n) is 6.21. The highest BCUT2D eigenvalue weighted by Crippen LogP contribution is 2.13. The number of anilines is 1. The van der Waals surface area contributed by atoms with Gasteiger partial charge in [-0.25, -0.2) is 9.18 Å². The van der Waals surface area contributed by atoms with Crippen molar-refractivity contribution in [1.82, 2.24) is 4.90 Å². The van der Waals surface area contributed by atoms with Gasteiger partial charge >= 0.3 is 5.97 Å². The van der Waals surface area contributed by atoms with Crippen molar-refractivity contribution in [2.45, 2.75) is 6.54 Å². The van der Waals surface area contributed by atoms with Crippen LogP contribution in [0.2, 0.25) is 0 Å². The molecule has 0 radical (unpaired) electrons. The summed E-state index contributed by atoms with van der Waals surface area (Å²) in [6, 6.07) is 13.1. The lowest BCUT2D eigenvalue weighted by Gasteiger charge is -2.18. The molecule has 0 bridgehead atoms. The van der Waals surface area contributed by atoms with Crippen LogP contribution in [0.15, 0.2) is 48.5 Å². The van der Waals surface area contributed by atoms with E-state index in [1.165, 1.54) is 29.2 Å². The van der Waals surface area contributed by atoms with Gasteiger partial charge in [-0.15, -0.1) is 0 Å². The van der Waals surface area contributed by atoms with Gasteiger partial charge in [-0.1, -0.05) is 12.1 Å². The number of nitrogens with zero attached hydrogens (tertiary/aromatic N) is 2. The number of hydrogen-bond acceptors (Lipinski definition) is 5. The first kappa shape index (κ1) is 20.2. The number of benzene rings is 2. The Hall–Kier alpha value is -3.09. The lowest BCUT2D eigenvalue weighted by Crippen LogP contribution is -2.31. The van der Waals surface area contributed by atoms with Gasteiger partial charge in [0, 0.05) is 33.4 Å². The van der Waals surface area contributed by atoms with E-state index in [9.17, 15) is 14.0 Å². The number of rotatable bonds is 8. The van der Waals surface area contributed by atoms with E-state index < -0.39 is 11.8 Å². The summed E-state index contributed by atoms with van der Waals surface area (Å²) >= 11 is 0. The number of hydrogen-bond donors (Lipinski definition) is 0. The summed E-state index contributed by atoms with van der Waals surface area (Å²) in [7, 11) is 5.56. The number of carbonyl (C=O) groups excluding carboxylic acids is 2. The van der Waals surface area contributed by atoms with Gasteiger partial charge in [0.15, 0.2) is 13.2 Å². The molecule has 0 unspecified atom stereocenters. The minimum Gasteiger partial charge on any atom is -0.482 e. The van der Waals surface area contributed by atoms with Gasteiger partial charge in [0.2, 0.25) is 0 Å². The summed E-state index contributed by atoms with van der Waals surface area (Å²) < 4.78 is 22.9. The zero-order valence-electron chi connectivity index (χ0n) is 15.6.